The van der Waals surface area contributed by atoms with Crippen LogP contribution in [0.1, 0.15) is 10.4 Å². The van der Waals surface area contributed by atoms with Gasteiger partial charge >= 0.3 is 0 Å². The molecule has 1 heterocycles. The van der Waals surface area contributed by atoms with Crippen LogP contribution in [0.4, 0.5) is 0 Å². The van der Waals surface area contributed by atoms with Crippen molar-refractivity contribution in [1.82, 2.24) is 5.43 Å². The largest absolute Gasteiger partial charge is 0.375 e. The van der Waals surface area contributed by atoms with E-state index in [1.165, 1.54) is 0 Å². The lowest BCUT2D eigenvalue weighted by atomic mass is 10.1. The van der Waals surface area contributed by atoms with E-state index >= 15 is 0 Å². The summed E-state index contributed by atoms with van der Waals surface area (Å²) in [5, 5.41) is 6.43. The predicted molar refractivity (Wildman–Crippen MR) is 91.7 cm³/mol. The summed E-state index contributed by atoms with van der Waals surface area (Å²) in [5.41, 5.74) is 9.84. The maximum atomic E-state index is 5.44. The molecule has 1 aromatic heterocycles. The molecule has 0 radical (unpaired) electrons. The highest BCUT2D eigenvalue weighted by molar-refractivity contribution is 9.10. The predicted octanol–water partition coefficient (Wildman–Crippen LogP) is 3.86. The molecule has 1 aromatic carbocycles. The first-order valence-electron chi connectivity index (χ1n) is 5.20. The molecule has 0 atom stereocenters. The van der Waals surface area contributed by atoms with Crippen molar-refractivity contribution in [1.29, 1.82) is 0 Å². The molecule has 0 saturated carbocycles. The third-order valence-electron chi connectivity index (χ3n) is 2.21. The molecule has 0 amide bonds. The summed E-state index contributed by atoms with van der Waals surface area (Å²) in [6.45, 7) is 0. The zero-order valence-corrected chi connectivity index (χ0v) is 14.4. The van der Waals surface area contributed by atoms with Crippen LogP contribution in [0.5, 0.6) is 0 Å². The zero-order valence-electron chi connectivity index (χ0n) is 9.56. The minimum Gasteiger partial charge on any atom is -0.375 e. The number of halogens is 2. The molecule has 0 bridgehead atoms. The number of thiophene rings is 1. The van der Waals surface area contributed by atoms with Gasteiger partial charge < -0.3 is 5.73 Å². The Kier molecular flexibility index (Phi) is 5.09. The monoisotopic (exact) mass is 417 g/mol. The highest BCUT2D eigenvalue weighted by Crippen LogP contribution is 2.27. The van der Waals surface area contributed by atoms with Gasteiger partial charge in [-0.05, 0) is 51.7 Å². The third kappa shape index (κ3) is 3.85. The van der Waals surface area contributed by atoms with E-state index in [2.05, 4.69) is 42.4 Å². The van der Waals surface area contributed by atoms with Gasteiger partial charge in [0.15, 0.2) is 5.11 Å². The van der Waals surface area contributed by atoms with E-state index in [9.17, 15) is 0 Å². The van der Waals surface area contributed by atoms with Crippen LogP contribution in [0, 0.1) is 0 Å². The van der Waals surface area contributed by atoms with E-state index in [4.69, 9.17) is 18.0 Å². The average Bonchev–Trinajstić information content (AvgIpc) is 2.76. The van der Waals surface area contributed by atoms with Crippen molar-refractivity contribution in [3.8, 4) is 0 Å². The van der Waals surface area contributed by atoms with Crippen LogP contribution in [0.2, 0.25) is 0 Å². The van der Waals surface area contributed by atoms with Gasteiger partial charge in [-0.2, -0.15) is 5.10 Å². The molecule has 7 heteroatoms. The zero-order chi connectivity index (χ0) is 13.8. The molecular weight excluding hydrogens is 410 g/mol. The normalized spacial score (nSPS) is 11.4. The summed E-state index contributed by atoms with van der Waals surface area (Å²) in [5.74, 6) is 0. The quantitative estimate of drug-likeness (QED) is 0.452. The second-order valence-electron chi connectivity index (χ2n) is 3.54. The van der Waals surface area contributed by atoms with Crippen molar-refractivity contribution in [3.05, 3.63) is 55.1 Å². The molecule has 0 saturated heterocycles. The summed E-state index contributed by atoms with van der Waals surface area (Å²) in [6, 6.07) is 9.88. The van der Waals surface area contributed by atoms with Crippen molar-refractivity contribution in [2.75, 3.05) is 0 Å². The highest BCUT2D eigenvalue weighted by Gasteiger charge is 2.13. The molecule has 19 heavy (non-hydrogen) atoms. The van der Waals surface area contributed by atoms with Crippen molar-refractivity contribution in [2.24, 2.45) is 10.8 Å². The molecule has 3 nitrogen and oxygen atoms in total. The van der Waals surface area contributed by atoms with Crippen molar-refractivity contribution < 1.29 is 0 Å². The maximum Gasteiger partial charge on any atom is 0.184 e. The minimum atomic E-state index is 0.139. The van der Waals surface area contributed by atoms with Gasteiger partial charge in [0.25, 0.3) is 0 Å². The van der Waals surface area contributed by atoms with Gasteiger partial charge in [-0.3, -0.25) is 5.43 Å². The molecule has 98 valence electrons. The molecule has 0 spiro atoms. The molecule has 2 aromatic rings. The SMILES string of the molecule is NC(=S)N/N=C(/c1cccc(Br)c1)c1sccc1Br. The van der Waals surface area contributed by atoms with Crippen molar-refractivity contribution in [3.63, 3.8) is 0 Å². The summed E-state index contributed by atoms with van der Waals surface area (Å²) in [6.07, 6.45) is 0. The second-order valence-corrected chi connectivity index (χ2v) is 6.67. The molecule has 3 N–H and O–H groups in total. The Morgan fingerprint density at radius 3 is 2.68 bits per heavy atom. The van der Waals surface area contributed by atoms with E-state index in [-0.39, 0.29) is 5.11 Å². The fraction of sp³-hybridized carbons (Fsp3) is 0. The summed E-state index contributed by atoms with van der Waals surface area (Å²) in [7, 11) is 0. The van der Waals surface area contributed by atoms with Gasteiger partial charge in [-0.25, -0.2) is 0 Å². The average molecular weight is 419 g/mol. The van der Waals surface area contributed by atoms with E-state index in [1.807, 2.05) is 35.7 Å². The lowest BCUT2D eigenvalue weighted by Gasteiger charge is -2.07. The van der Waals surface area contributed by atoms with Crippen molar-refractivity contribution >= 4 is 66.2 Å². The minimum absolute atomic E-state index is 0.139. The van der Waals surface area contributed by atoms with E-state index in [1.54, 1.807) is 11.3 Å². The number of thiocarbonyl (C=S) groups is 1. The van der Waals surface area contributed by atoms with E-state index in [0.29, 0.717) is 0 Å². The molecule has 2 rings (SSSR count). The van der Waals surface area contributed by atoms with Gasteiger partial charge in [-0.1, -0.05) is 28.1 Å². The standard InChI is InChI=1S/C12H9Br2N3S2/c13-8-3-1-2-7(6-8)10(16-17-12(15)18)11-9(14)4-5-19-11/h1-6H,(H3,15,17,18)/b16-10-. The van der Waals surface area contributed by atoms with Crippen LogP contribution in [0.25, 0.3) is 0 Å². The maximum absolute atomic E-state index is 5.44. The summed E-state index contributed by atoms with van der Waals surface area (Å²) < 4.78 is 1.97. The van der Waals surface area contributed by atoms with E-state index < -0.39 is 0 Å². The van der Waals surface area contributed by atoms with Crippen LogP contribution < -0.4 is 11.2 Å². The Bertz CT molecular complexity index is 637. The lowest BCUT2D eigenvalue weighted by molar-refractivity contribution is 1.03. The number of rotatable bonds is 3. The smallest absolute Gasteiger partial charge is 0.184 e. The first-order valence-corrected chi connectivity index (χ1v) is 8.08. The van der Waals surface area contributed by atoms with E-state index in [0.717, 1.165) is 25.1 Å². The van der Waals surface area contributed by atoms with Crippen LogP contribution >= 0.6 is 55.4 Å². The molecule has 0 unspecified atom stereocenters. The number of hydrazone groups is 1. The van der Waals surface area contributed by atoms with Crippen LogP contribution in [0.15, 0.2) is 49.8 Å². The molecule has 0 fully saturated rings. The van der Waals surface area contributed by atoms with Gasteiger partial charge in [-0.15, -0.1) is 11.3 Å². The number of benzene rings is 1. The van der Waals surface area contributed by atoms with Crippen molar-refractivity contribution in [2.45, 2.75) is 0 Å². The number of hydrogen-bond acceptors (Lipinski definition) is 3. The lowest BCUT2D eigenvalue weighted by Crippen LogP contribution is -2.25. The Balaban J connectivity index is 2.49. The van der Waals surface area contributed by atoms with Crippen LogP contribution in [-0.2, 0) is 0 Å². The Morgan fingerprint density at radius 2 is 2.11 bits per heavy atom. The number of nitrogens with one attached hydrogen (secondary N) is 1. The topological polar surface area (TPSA) is 50.4 Å². The van der Waals surface area contributed by atoms with Gasteiger partial charge in [0.2, 0.25) is 0 Å². The highest BCUT2D eigenvalue weighted by atomic mass is 79.9. The molecular formula is C12H9Br2N3S2. The molecule has 0 aliphatic carbocycles. The van der Waals surface area contributed by atoms with Crippen LogP contribution in [-0.4, -0.2) is 10.8 Å². The molecule has 0 aliphatic heterocycles. The first kappa shape index (κ1) is 14.6. The number of nitrogens with two attached hydrogens (primary N) is 1. The van der Waals surface area contributed by atoms with Crippen LogP contribution in [0.3, 0.4) is 0 Å². The first-order chi connectivity index (χ1) is 9.08. The fourth-order valence-electron chi connectivity index (χ4n) is 1.46. The number of hydrogen-bond donors (Lipinski definition) is 2. The second kappa shape index (κ2) is 6.60. The summed E-state index contributed by atoms with van der Waals surface area (Å²) >= 11 is 13.4. The van der Waals surface area contributed by atoms with Gasteiger partial charge in [0.05, 0.1) is 4.88 Å². The summed E-state index contributed by atoms with van der Waals surface area (Å²) in [4.78, 5) is 1.02. The Morgan fingerprint density at radius 1 is 1.32 bits per heavy atom. The fourth-order valence-corrected chi connectivity index (χ4v) is 3.47. The third-order valence-corrected chi connectivity index (χ3v) is 4.64. The Labute approximate surface area is 137 Å². The molecule has 0 aliphatic rings. The number of nitrogens with zero attached hydrogens (tertiary/aromatic N) is 1. The Hall–Kier alpha value is -0.760. The van der Waals surface area contributed by atoms with Gasteiger partial charge in [0.1, 0.15) is 5.71 Å². The van der Waals surface area contributed by atoms with Gasteiger partial charge in [0, 0.05) is 14.5 Å².